The van der Waals surface area contributed by atoms with Gasteiger partial charge in [0.1, 0.15) is 0 Å². The van der Waals surface area contributed by atoms with Crippen molar-refractivity contribution in [1.82, 2.24) is 15.7 Å². The number of hydrazone groups is 1. The number of rotatable bonds is 6. The van der Waals surface area contributed by atoms with Crippen molar-refractivity contribution in [3.8, 4) is 11.1 Å². The van der Waals surface area contributed by atoms with Crippen molar-refractivity contribution < 1.29 is 0 Å². The average Bonchev–Trinajstić information content (AvgIpc) is 3.33. The molecule has 1 aromatic heterocycles. The monoisotopic (exact) mass is 368 g/mol. The van der Waals surface area contributed by atoms with Gasteiger partial charge in [-0.1, -0.05) is 54.6 Å². The largest absolute Gasteiger partial charge is 0.319 e. The second-order valence-electron chi connectivity index (χ2n) is 7.78. The first-order valence-corrected chi connectivity index (χ1v) is 9.85. The van der Waals surface area contributed by atoms with E-state index in [2.05, 4.69) is 81.6 Å². The molecule has 1 fully saturated rings. The van der Waals surface area contributed by atoms with E-state index in [1.54, 1.807) is 6.20 Å². The van der Waals surface area contributed by atoms with Crippen LogP contribution in [-0.2, 0) is 5.41 Å². The molecule has 0 bridgehead atoms. The van der Waals surface area contributed by atoms with Crippen molar-refractivity contribution in [1.29, 1.82) is 0 Å². The lowest BCUT2D eigenvalue weighted by Crippen LogP contribution is -2.19. The Balaban J connectivity index is 1.41. The summed E-state index contributed by atoms with van der Waals surface area (Å²) in [6.07, 6.45) is 6.95. The summed E-state index contributed by atoms with van der Waals surface area (Å²) in [5.41, 5.74) is 9.70. The summed E-state index contributed by atoms with van der Waals surface area (Å²) in [4.78, 5) is 4.22. The molecule has 0 amide bonds. The van der Waals surface area contributed by atoms with E-state index in [0.717, 1.165) is 18.5 Å². The standard InChI is InChI=1S/C24H24N4/c1-25-15-22(18-6-4-17(5-7-18)20-3-2-12-26-14-20)19-8-10-21(11-9-19)24-13-23(24)28-27-16-24/h2-12,14,16,22-23,25,28H,13,15H2,1H3. The molecule has 3 aromatic rings. The fourth-order valence-corrected chi connectivity index (χ4v) is 4.32. The highest BCUT2D eigenvalue weighted by Crippen LogP contribution is 2.49. The van der Waals surface area contributed by atoms with Gasteiger partial charge in [0.2, 0.25) is 0 Å². The Morgan fingerprint density at radius 3 is 2.36 bits per heavy atom. The quantitative estimate of drug-likeness (QED) is 0.697. The van der Waals surface area contributed by atoms with Gasteiger partial charge >= 0.3 is 0 Å². The summed E-state index contributed by atoms with van der Waals surface area (Å²) in [6.45, 7) is 0.905. The maximum Gasteiger partial charge on any atom is 0.0600 e. The Labute approximate surface area is 165 Å². The maximum atomic E-state index is 4.24. The Kier molecular flexibility index (Phi) is 4.21. The maximum absolute atomic E-state index is 4.24. The van der Waals surface area contributed by atoms with Crippen LogP contribution in [-0.4, -0.2) is 30.8 Å². The first kappa shape index (κ1) is 17.1. The van der Waals surface area contributed by atoms with E-state index in [1.807, 2.05) is 19.3 Å². The lowest BCUT2D eigenvalue weighted by Gasteiger charge is -2.19. The van der Waals surface area contributed by atoms with E-state index >= 15 is 0 Å². The zero-order valence-electron chi connectivity index (χ0n) is 16.0. The van der Waals surface area contributed by atoms with E-state index < -0.39 is 0 Å². The van der Waals surface area contributed by atoms with Gasteiger partial charge in [-0.2, -0.15) is 5.10 Å². The van der Waals surface area contributed by atoms with Crippen molar-refractivity contribution in [2.75, 3.05) is 13.6 Å². The number of pyridine rings is 1. The molecule has 2 N–H and O–H groups in total. The minimum atomic E-state index is 0.141. The van der Waals surface area contributed by atoms with E-state index in [9.17, 15) is 0 Å². The van der Waals surface area contributed by atoms with Gasteiger partial charge in [0.15, 0.2) is 0 Å². The van der Waals surface area contributed by atoms with Crippen LogP contribution in [0, 0.1) is 0 Å². The molecule has 5 rings (SSSR count). The van der Waals surface area contributed by atoms with E-state index in [-0.39, 0.29) is 5.41 Å². The molecule has 2 aromatic carbocycles. The van der Waals surface area contributed by atoms with Gasteiger partial charge in [-0.05, 0) is 47.4 Å². The second kappa shape index (κ2) is 6.88. The SMILES string of the molecule is CNCC(c1ccc(-c2cccnc2)cc1)c1ccc(C23C=NNC2C3)cc1. The smallest absolute Gasteiger partial charge is 0.0600 e. The molecular weight excluding hydrogens is 344 g/mol. The molecule has 1 aliphatic heterocycles. The Morgan fingerprint density at radius 2 is 1.79 bits per heavy atom. The van der Waals surface area contributed by atoms with Crippen molar-refractivity contribution in [2.45, 2.75) is 23.8 Å². The minimum absolute atomic E-state index is 0.141. The topological polar surface area (TPSA) is 49.3 Å². The molecule has 3 atom stereocenters. The third-order valence-electron chi connectivity index (χ3n) is 6.10. The summed E-state index contributed by atoms with van der Waals surface area (Å²) in [6, 6.07) is 22.5. The van der Waals surface area contributed by atoms with Crippen molar-refractivity contribution >= 4 is 6.21 Å². The summed E-state index contributed by atoms with van der Waals surface area (Å²) in [7, 11) is 2.01. The summed E-state index contributed by atoms with van der Waals surface area (Å²) >= 11 is 0. The van der Waals surface area contributed by atoms with Crippen LogP contribution in [0.5, 0.6) is 0 Å². The molecule has 2 aliphatic rings. The summed E-state index contributed by atoms with van der Waals surface area (Å²) < 4.78 is 0. The molecule has 1 aliphatic carbocycles. The fourth-order valence-electron chi connectivity index (χ4n) is 4.32. The number of benzene rings is 2. The third-order valence-corrected chi connectivity index (χ3v) is 6.10. The van der Waals surface area contributed by atoms with Gasteiger partial charge in [-0.25, -0.2) is 0 Å². The van der Waals surface area contributed by atoms with Gasteiger partial charge in [0, 0.05) is 31.1 Å². The normalized spacial score (nSPS) is 23.1. The Bertz CT molecular complexity index is 979. The summed E-state index contributed by atoms with van der Waals surface area (Å²) in [5.74, 6) is 0.324. The zero-order chi connectivity index (χ0) is 19.0. The fraction of sp³-hybridized carbons (Fsp3) is 0.250. The first-order valence-electron chi connectivity index (χ1n) is 9.85. The van der Waals surface area contributed by atoms with Crippen molar-refractivity contribution in [3.63, 3.8) is 0 Å². The first-order chi connectivity index (χ1) is 13.8. The van der Waals surface area contributed by atoms with Gasteiger partial charge in [0.05, 0.1) is 11.5 Å². The van der Waals surface area contributed by atoms with E-state index in [0.29, 0.717) is 12.0 Å². The van der Waals surface area contributed by atoms with E-state index in [1.165, 1.54) is 22.3 Å². The highest BCUT2D eigenvalue weighted by molar-refractivity contribution is 5.82. The van der Waals surface area contributed by atoms with Crippen LogP contribution in [0.15, 0.2) is 78.2 Å². The molecular formula is C24H24N4. The predicted octanol–water partition coefficient (Wildman–Crippen LogP) is 3.70. The highest BCUT2D eigenvalue weighted by atomic mass is 15.4. The van der Waals surface area contributed by atoms with Gasteiger partial charge in [0.25, 0.3) is 0 Å². The van der Waals surface area contributed by atoms with E-state index in [4.69, 9.17) is 0 Å². The van der Waals surface area contributed by atoms with Crippen LogP contribution in [0.4, 0.5) is 0 Å². The van der Waals surface area contributed by atoms with Crippen LogP contribution < -0.4 is 10.7 Å². The Hall–Kier alpha value is -2.98. The molecule has 0 spiro atoms. The van der Waals surface area contributed by atoms with Crippen molar-refractivity contribution in [3.05, 3.63) is 89.7 Å². The summed E-state index contributed by atoms with van der Waals surface area (Å²) in [5, 5.41) is 7.60. The second-order valence-corrected chi connectivity index (χ2v) is 7.78. The molecule has 28 heavy (non-hydrogen) atoms. The van der Waals surface area contributed by atoms with Crippen LogP contribution in [0.1, 0.15) is 29.0 Å². The third kappa shape index (κ3) is 2.90. The molecule has 3 unspecified atom stereocenters. The highest BCUT2D eigenvalue weighted by Gasteiger charge is 2.57. The molecule has 4 nitrogen and oxygen atoms in total. The molecule has 140 valence electrons. The molecule has 2 heterocycles. The van der Waals surface area contributed by atoms with Crippen LogP contribution in [0.2, 0.25) is 0 Å². The molecule has 0 radical (unpaired) electrons. The minimum Gasteiger partial charge on any atom is -0.319 e. The molecule has 1 saturated carbocycles. The Morgan fingerprint density at radius 1 is 1.04 bits per heavy atom. The number of likely N-dealkylation sites (N-methyl/N-ethyl adjacent to an activating group) is 1. The number of nitrogens with one attached hydrogen (secondary N) is 2. The molecule has 4 heteroatoms. The number of hydrogen-bond acceptors (Lipinski definition) is 4. The number of aromatic nitrogens is 1. The number of fused-ring (bicyclic) bond motifs is 1. The lowest BCUT2D eigenvalue weighted by atomic mass is 9.88. The predicted molar refractivity (Wildman–Crippen MR) is 114 cm³/mol. The van der Waals surface area contributed by atoms with Crippen molar-refractivity contribution in [2.24, 2.45) is 5.10 Å². The van der Waals surface area contributed by atoms with Crippen LogP contribution >= 0.6 is 0 Å². The number of hydrogen-bond donors (Lipinski definition) is 2. The average molecular weight is 368 g/mol. The molecule has 0 saturated heterocycles. The van der Waals surface area contributed by atoms with Crippen LogP contribution in [0.25, 0.3) is 11.1 Å². The van der Waals surface area contributed by atoms with Gasteiger partial charge in [-0.15, -0.1) is 0 Å². The van der Waals surface area contributed by atoms with Gasteiger partial charge < -0.3 is 10.7 Å². The lowest BCUT2D eigenvalue weighted by molar-refractivity contribution is 0.707. The van der Waals surface area contributed by atoms with Gasteiger partial charge in [-0.3, -0.25) is 4.98 Å². The number of nitrogens with zero attached hydrogens (tertiary/aromatic N) is 2. The zero-order valence-corrected chi connectivity index (χ0v) is 16.0. The van der Waals surface area contributed by atoms with Crippen LogP contribution in [0.3, 0.4) is 0 Å².